The predicted molar refractivity (Wildman–Crippen MR) is 67.1 cm³/mol. The number of carbonyl (C=O) groups excluding carboxylic acids is 1. The van der Waals surface area contributed by atoms with Crippen molar-refractivity contribution in [2.45, 2.75) is 20.3 Å². The second-order valence-corrected chi connectivity index (χ2v) is 4.02. The maximum atomic E-state index is 12.1. The van der Waals surface area contributed by atoms with Crippen molar-refractivity contribution >= 4 is 11.5 Å². The molecule has 1 heterocycles. The van der Waals surface area contributed by atoms with Crippen LogP contribution >= 0.6 is 0 Å². The number of nitrogens with two attached hydrogens (primary N) is 1. The Morgan fingerprint density at radius 3 is 2.65 bits per heavy atom. The SMILES string of the molecule is CCc1ccc(C(=O)c2ccc(C)c(N)c2)o1. The molecule has 0 fully saturated rings. The van der Waals surface area contributed by atoms with E-state index < -0.39 is 0 Å². The number of nitrogen functional groups attached to an aromatic ring is 1. The Hall–Kier alpha value is -2.03. The van der Waals surface area contributed by atoms with Gasteiger partial charge >= 0.3 is 0 Å². The Kier molecular flexibility index (Phi) is 3.00. The first-order valence-electron chi connectivity index (χ1n) is 5.61. The largest absolute Gasteiger partial charge is 0.458 e. The van der Waals surface area contributed by atoms with Gasteiger partial charge < -0.3 is 10.2 Å². The molecule has 17 heavy (non-hydrogen) atoms. The van der Waals surface area contributed by atoms with Crippen molar-refractivity contribution in [2.24, 2.45) is 0 Å². The zero-order valence-corrected chi connectivity index (χ0v) is 9.99. The van der Waals surface area contributed by atoms with E-state index in [0.717, 1.165) is 17.7 Å². The molecule has 1 aromatic heterocycles. The first-order valence-corrected chi connectivity index (χ1v) is 5.61. The maximum absolute atomic E-state index is 12.1. The van der Waals surface area contributed by atoms with Crippen molar-refractivity contribution in [3.05, 3.63) is 53.0 Å². The summed E-state index contributed by atoms with van der Waals surface area (Å²) in [5, 5.41) is 0. The van der Waals surface area contributed by atoms with E-state index in [1.807, 2.05) is 26.0 Å². The monoisotopic (exact) mass is 229 g/mol. The van der Waals surface area contributed by atoms with Crippen LogP contribution in [-0.2, 0) is 6.42 Å². The number of rotatable bonds is 3. The van der Waals surface area contributed by atoms with Crippen LogP contribution in [0.25, 0.3) is 0 Å². The Bertz CT molecular complexity index is 555. The van der Waals surface area contributed by atoms with Gasteiger partial charge in [-0.15, -0.1) is 0 Å². The molecule has 88 valence electrons. The van der Waals surface area contributed by atoms with Crippen LogP contribution in [0.2, 0.25) is 0 Å². The molecule has 0 saturated heterocycles. The van der Waals surface area contributed by atoms with Gasteiger partial charge in [-0.1, -0.05) is 19.1 Å². The summed E-state index contributed by atoms with van der Waals surface area (Å²) in [7, 11) is 0. The lowest BCUT2D eigenvalue weighted by Crippen LogP contribution is -2.01. The number of ketones is 1. The minimum atomic E-state index is -0.128. The fourth-order valence-corrected chi connectivity index (χ4v) is 1.61. The molecule has 3 heteroatoms. The van der Waals surface area contributed by atoms with E-state index in [4.69, 9.17) is 10.2 Å². The first-order chi connectivity index (χ1) is 8.11. The second kappa shape index (κ2) is 4.45. The molecular weight excluding hydrogens is 214 g/mol. The van der Waals surface area contributed by atoms with Crippen LogP contribution < -0.4 is 5.73 Å². The van der Waals surface area contributed by atoms with Crippen molar-refractivity contribution in [2.75, 3.05) is 5.73 Å². The van der Waals surface area contributed by atoms with Gasteiger partial charge in [-0.25, -0.2) is 0 Å². The average molecular weight is 229 g/mol. The second-order valence-electron chi connectivity index (χ2n) is 4.02. The lowest BCUT2D eigenvalue weighted by atomic mass is 10.1. The van der Waals surface area contributed by atoms with Gasteiger partial charge in [-0.2, -0.15) is 0 Å². The summed E-state index contributed by atoms with van der Waals surface area (Å²) < 4.78 is 5.43. The van der Waals surface area contributed by atoms with E-state index in [1.165, 1.54) is 0 Å². The highest BCUT2D eigenvalue weighted by molar-refractivity contribution is 6.07. The molecule has 0 saturated carbocycles. The Labute approximate surface area is 100 Å². The molecule has 0 aliphatic carbocycles. The van der Waals surface area contributed by atoms with E-state index in [9.17, 15) is 4.79 Å². The van der Waals surface area contributed by atoms with Gasteiger partial charge in [-0.3, -0.25) is 4.79 Å². The van der Waals surface area contributed by atoms with Crippen molar-refractivity contribution in [1.29, 1.82) is 0 Å². The van der Waals surface area contributed by atoms with Gasteiger partial charge in [0.05, 0.1) is 0 Å². The Morgan fingerprint density at radius 1 is 1.29 bits per heavy atom. The molecule has 2 rings (SSSR count). The van der Waals surface area contributed by atoms with Gasteiger partial charge in [0.1, 0.15) is 5.76 Å². The van der Waals surface area contributed by atoms with E-state index in [-0.39, 0.29) is 5.78 Å². The van der Waals surface area contributed by atoms with Crippen molar-refractivity contribution in [1.82, 2.24) is 0 Å². The summed E-state index contributed by atoms with van der Waals surface area (Å²) in [6.07, 6.45) is 0.781. The van der Waals surface area contributed by atoms with Crippen LogP contribution in [0.4, 0.5) is 5.69 Å². The van der Waals surface area contributed by atoms with Gasteiger partial charge in [0.2, 0.25) is 5.78 Å². The highest BCUT2D eigenvalue weighted by Gasteiger charge is 2.13. The zero-order chi connectivity index (χ0) is 12.4. The summed E-state index contributed by atoms with van der Waals surface area (Å²) in [6.45, 7) is 3.89. The molecular formula is C14H15NO2. The number of anilines is 1. The molecule has 2 aromatic rings. The fourth-order valence-electron chi connectivity index (χ4n) is 1.61. The van der Waals surface area contributed by atoms with Crippen LogP contribution in [-0.4, -0.2) is 5.78 Å². The van der Waals surface area contributed by atoms with E-state index >= 15 is 0 Å². The van der Waals surface area contributed by atoms with E-state index in [2.05, 4.69) is 0 Å². The summed E-state index contributed by atoms with van der Waals surface area (Å²) in [5.74, 6) is 1.05. The van der Waals surface area contributed by atoms with E-state index in [0.29, 0.717) is 17.0 Å². The number of carbonyl (C=O) groups is 1. The maximum Gasteiger partial charge on any atom is 0.228 e. The molecule has 0 atom stereocenters. The zero-order valence-electron chi connectivity index (χ0n) is 9.99. The number of aryl methyl sites for hydroxylation is 2. The third kappa shape index (κ3) is 2.23. The lowest BCUT2D eigenvalue weighted by Gasteiger charge is -2.02. The minimum absolute atomic E-state index is 0.128. The third-order valence-corrected chi connectivity index (χ3v) is 2.78. The highest BCUT2D eigenvalue weighted by atomic mass is 16.3. The van der Waals surface area contributed by atoms with Crippen LogP contribution in [0.5, 0.6) is 0 Å². The Balaban J connectivity index is 2.33. The van der Waals surface area contributed by atoms with E-state index in [1.54, 1.807) is 18.2 Å². The molecule has 0 aliphatic rings. The summed E-state index contributed by atoms with van der Waals surface area (Å²) in [6, 6.07) is 8.82. The fraction of sp³-hybridized carbons (Fsp3) is 0.214. The summed E-state index contributed by atoms with van der Waals surface area (Å²) in [4.78, 5) is 12.1. The number of hydrogen-bond acceptors (Lipinski definition) is 3. The highest BCUT2D eigenvalue weighted by Crippen LogP contribution is 2.18. The van der Waals surface area contributed by atoms with Crippen LogP contribution in [0, 0.1) is 6.92 Å². The van der Waals surface area contributed by atoms with Gasteiger partial charge in [0.25, 0.3) is 0 Å². The summed E-state index contributed by atoms with van der Waals surface area (Å²) in [5.41, 5.74) is 7.94. The predicted octanol–water partition coefficient (Wildman–Crippen LogP) is 2.96. The average Bonchev–Trinajstić information content (AvgIpc) is 2.80. The van der Waals surface area contributed by atoms with Crippen LogP contribution in [0.15, 0.2) is 34.7 Å². The molecule has 0 aliphatic heterocycles. The van der Waals surface area contributed by atoms with Crippen molar-refractivity contribution in [3.8, 4) is 0 Å². The molecule has 0 spiro atoms. The molecule has 0 amide bonds. The summed E-state index contributed by atoms with van der Waals surface area (Å²) >= 11 is 0. The molecule has 3 nitrogen and oxygen atoms in total. The lowest BCUT2D eigenvalue weighted by molar-refractivity contribution is 0.101. The van der Waals surface area contributed by atoms with Crippen LogP contribution in [0.1, 0.15) is 34.4 Å². The topological polar surface area (TPSA) is 56.2 Å². The quantitative estimate of drug-likeness (QED) is 0.650. The Morgan fingerprint density at radius 2 is 2.06 bits per heavy atom. The number of furan rings is 1. The smallest absolute Gasteiger partial charge is 0.228 e. The van der Waals surface area contributed by atoms with Gasteiger partial charge in [0, 0.05) is 17.7 Å². The minimum Gasteiger partial charge on any atom is -0.458 e. The van der Waals surface area contributed by atoms with Gasteiger partial charge in [-0.05, 0) is 30.7 Å². The third-order valence-electron chi connectivity index (χ3n) is 2.78. The van der Waals surface area contributed by atoms with Crippen LogP contribution in [0.3, 0.4) is 0 Å². The normalized spacial score (nSPS) is 10.5. The van der Waals surface area contributed by atoms with Crippen molar-refractivity contribution in [3.63, 3.8) is 0 Å². The molecule has 0 bridgehead atoms. The molecule has 2 N–H and O–H groups in total. The van der Waals surface area contributed by atoms with Gasteiger partial charge in [0.15, 0.2) is 5.76 Å². The molecule has 1 aromatic carbocycles. The van der Waals surface area contributed by atoms with Crippen molar-refractivity contribution < 1.29 is 9.21 Å². The number of hydrogen-bond donors (Lipinski definition) is 1. The first kappa shape index (κ1) is 11.5. The molecule has 0 unspecified atom stereocenters. The number of benzene rings is 1. The molecule has 0 radical (unpaired) electrons. The standard InChI is InChI=1S/C14H15NO2/c1-3-11-6-7-13(17-11)14(16)10-5-4-9(2)12(15)8-10/h4-8H,3,15H2,1-2H3.